The highest BCUT2D eigenvalue weighted by atomic mass is 16.5. The summed E-state index contributed by atoms with van der Waals surface area (Å²) in [5.41, 5.74) is 2.97. The fraction of sp³-hybridized carbons (Fsp3) is 0.727. The van der Waals surface area contributed by atoms with E-state index in [1.807, 2.05) is 0 Å². The topological polar surface area (TPSA) is 9.23 Å². The quantitative estimate of drug-likeness (QED) is 0.437. The van der Waals surface area contributed by atoms with E-state index < -0.39 is 0 Å². The van der Waals surface area contributed by atoms with Gasteiger partial charge in [0.1, 0.15) is 0 Å². The molecule has 0 heterocycles. The Morgan fingerprint density at radius 3 is 2.33 bits per heavy atom. The molecule has 0 aromatic rings. The zero-order valence-corrected chi connectivity index (χ0v) is 8.65. The van der Waals surface area contributed by atoms with Crippen LogP contribution in [-0.2, 0) is 4.74 Å². The predicted octanol–water partition coefficient (Wildman–Crippen LogP) is 3.36. The lowest BCUT2D eigenvalue weighted by Crippen LogP contribution is -1.93. The summed E-state index contributed by atoms with van der Waals surface area (Å²) >= 11 is 0. The fourth-order valence-corrected chi connectivity index (χ4v) is 0.946. The van der Waals surface area contributed by atoms with Gasteiger partial charge in [0.15, 0.2) is 0 Å². The van der Waals surface area contributed by atoms with Crippen molar-refractivity contribution in [1.82, 2.24) is 0 Å². The van der Waals surface area contributed by atoms with E-state index in [1.54, 1.807) is 0 Å². The van der Waals surface area contributed by atoms with Crippen molar-refractivity contribution in [2.75, 3.05) is 13.2 Å². The van der Waals surface area contributed by atoms with Crippen molar-refractivity contribution in [1.29, 1.82) is 0 Å². The number of hydrogen-bond acceptors (Lipinski definition) is 1. The molecule has 0 N–H and O–H groups in total. The van der Waals surface area contributed by atoms with Crippen LogP contribution in [0, 0.1) is 6.92 Å². The highest BCUT2D eigenvalue weighted by molar-refractivity contribution is 5.06. The zero-order chi connectivity index (χ0) is 9.40. The van der Waals surface area contributed by atoms with Crippen molar-refractivity contribution in [3.05, 3.63) is 18.1 Å². The largest absolute Gasteiger partial charge is 0.381 e. The van der Waals surface area contributed by atoms with Gasteiger partial charge in [0.2, 0.25) is 0 Å². The van der Waals surface area contributed by atoms with E-state index in [9.17, 15) is 0 Å². The minimum atomic E-state index is 0.599. The standard InChI is InChI=1S/C11H21O/c1-5-12-9-7-6-8-11(4)10(2)3/h1,5-9H2,2-4H3. The van der Waals surface area contributed by atoms with Crippen LogP contribution in [0.2, 0.25) is 0 Å². The van der Waals surface area contributed by atoms with Gasteiger partial charge in [-0.25, -0.2) is 0 Å². The van der Waals surface area contributed by atoms with Gasteiger partial charge in [0, 0.05) is 13.2 Å². The van der Waals surface area contributed by atoms with Gasteiger partial charge in [-0.1, -0.05) is 11.1 Å². The summed E-state index contributed by atoms with van der Waals surface area (Å²) in [6, 6.07) is 0. The number of ether oxygens (including phenoxy) is 1. The number of rotatable bonds is 6. The second-order valence-corrected chi connectivity index (χ2v) is 3.35. The second-order valence-electron chi connectivity index (χ2n) is 3.35. The van der Waals surface area contributed by atoms with Crippen molar-refractivity contribution in [3.8, 4) is 0 Å². The minimum Gasteiger partial charge on any atom is -0.381 e. The van der Waals surface area contributed by atoms with Gasteiger partial charge in [-0.15, -0.1) is 0 Å². The normalized spacial score (nSPS) is 10.0. The first-order chi connectivity index (χ1) is 5.68. The number of hydrogen-bond donors (Lipinski definition) is 0. The summed E-state index contributed by atoms with van der Waals surface area (Å²) in [4.78, 5) is 0. The van der Waals surface area contributed by atoms with Crippen molar-refractivity contribution < 1.29 is 4.74 Å². The van der Waals surface area contributed by atoms with Crippen LogP contribution in [0.1, 0.15) is 40.0 Å². The first-order valence-corrected chi connectivity index (χ1v) is 4.68. The average molecular weight is 169 g/mol. The van der Waals surface area contributed by atoms with Crippen LogP contribution in [-0.4, -0.2) is 13.2 Å². The van der Waals surface area contributed by atoms with E-state index in [1.165, 1.54) is 24.0 Å². The van der Waals surface area contributed by atoms with Gasteiger partial charge < -0.3 is 4.74 Å². The molecular formula is C11H21O. The Labute approximate surface area is 76.8 Å². The maximum atomic E-state index is 5.15. The molecule has 0 aromatic carbocycles. The molecule has 1 radical (unpaired) electrons. The Morgan fingerprint density at radius 1 is 1.17 bits per heavy atom. The molecule has 0 saturated carbocycles. The summed E-state index contributed by atoms with van der Waals surface area (Å²) in [5, 5.41) is 0. The Bertz CT molecular complexity index is 132. The highest BCUT2D eigenvalue weighted by Crippen LogP contribution is 2.10. The molecule has 0 amide bonds. The average Bonchev–Trinajstić information content (AvgIpc) is 2.03. The zero-order valence-electron chi connectivity index (χ0n) is 8.65. The number of unbranched alkanes of at least 4 members (excludes halogenated alkanes) is 1. The summed E-state index contributed by atoms with van der Waals surface area (Å²) in [7, 11) is 0. The van der Waals surface area contributed by atoms with E-state index in [0.717, 1.165) is 13.0 Å². The van der Waals surface area contributed by atoms with Gasteiger partial charge in [0.25, 0.3) is 0 Å². The van der Waals surface area contributed by atoms with Gasteiger partial charge in [-0.3, -0.25) is 0 Å². The van der Waals surface area contributed by atoms with Gasteiger partial charge in [-0.2, -0.15) is 0 Å². The Kier molecular flexibility index (Phi) is 7.17. The number of allylic oxidation sites excluding steroid dienone is 2. The molecule has 0 aliphatic rings. The maximum Gasteiger partial charge on any atom is 0.0466 e. The molecule has 0 aromatic heterocycles. The third-order valence-corrected chi connectivity index (χ3v) is 2.09. The van der Waals surface area contributed by atoms with E-state index in [2.05, 4.69) is 27.7 Å². The highest BCUT2D eigenvalue weighted by Gasteiger charge is 1.93. The maximum absolute atomic E-state index is 5.15. The monoisotopic (exact) mass is 169 g/mol. The Morgan fingerprint density at radius 2 is 1.83 bits per heavy atom. The molecule has 12 heavy (non-hydrogen) atoms. The summed E-state index contributed by atoms with van der Waals surface area (Å²) in [6.07, 6.45) is 3.60. The summed E-state index contributed by atoms with van der Waals surface area (Å²) in [5.74, 6) is 0. The van der Waals surface area contributed by atoms with Crippen LogP contribution >= 0.6 is 0 Å². The first-order valence-electron chi connectivity index (χ1n) is 4.68. The van der Waals surface area contributed by atoms with Gasteiger partial charge >= 0.3 is 0 Å². The molecule has 1 nitrogen and oxygen atoms in total. The van der Waals surface area contributed by atoms with Crippen molar-refractivity contribution in [2.45, 2.75) is 40.0 Å². The Balaban J connectivity index is 3.26. The molecule has 0 fully saturated rings. The third kappa shape index (κ3) is 6.41. The molecule has 0 bridgehead atoms. The van der Waals surface area contributed by atoms with E-state index in [-0.39, 0.29) is 0 Å². The molecule has 0 unspecified atom stereocenters. The van der Waals surface area contributed by atoms with Gasteiger partial charge in [-0.05, 0) is 47.0 Å². The molecule has 1 heteroatoms. The molecule has 0 atom stereocenters. The molecule has 0 rings (SSSR count). The third-order valence-electron chi connectivity index (χ3n) is 2.09. The van der Waals surface area contributed by atoms with Crippen molar-refractivity contribution in [3.63, 3.8) is 0 Å². The molecular weight excluding hydrogens is 148 g/mol. The molecule has 0 aliphatic carbocycles. The minimum absolute atomic E-state index is 0.599. The van der Waals surface area contributed by atoms with Crippen molar-refractivity contribution in [2.24, 2.45) is 0 Å². The van der Waals surface area contributed by atoms with E-state index >= 15 is 0 Å². The van der Waals surface area contributed by atoms with Crippen LogP contribution in [0.4, 0.5) is 0 Å². The van der Waals surface area contributed by atoms with E-state index in [0.29, 0.717) is 6.61 Å². The predicted molar refractivity (Wildman–Crippen MR) is 54.1 cm³/mol. The van der Waals surface area contributed by atoms with Crippen molar-refractivity contribution >= 4 is 0 Å². The lowest BCUT2D eigenvalue weighted by atomic mass is 10.1. The second kappa shape index (κ2) is 7.35. The SMILES string of the molecule is [CH2]COCCCCC(C)=C(C)C. The van der Waals surface area contributed by atoms with E-state index in [4.69, 9.17) is 4.74 Å². The Hall–Kier alpha value is -0.300. The molecule has 0 aliphatic heterocycles. The molecule has 0 saturated heterocycles. The molecule has 71 valence electrons. The lowest BCUT2D eigenvalue weighted by molar-refractivity contribution is 0.156. The summed E-state index contributed by atoms with van der Waals surface area (Å²) < 4.78 is 5.15. The van der Waals surface area contributed by atoms with Gasteiger partial charge in [0.05, 0.1) is 0 Å². The lowest BCUT2D eigenvalue weighted by Gasteiger charge is -2.03. The van der Waals surface area contributed by atoms with Crippen LogP contribution in [0.3, 0.4) is 0 Å². The van der Waals surface area contributed by atoms with Crippen LogP contribution in [0.5, 0.6) is 0 Å². The fourth-order valence-electron chi connectivity index (χ4n) is 0.946. The first kappa shape index (κ1) is 11.7. The molecule has 0 spiro atoms. The van der Waals surface area contributed by atoms with Crippen LogP contribution < -0.4 is 0 Å². The van der Waals surface area contributed by atoms with Crippen LogP contribution in [0.15, 0.2) is 11.1 Å². The summed E-state index contributed by atoms with van der Waals surface area (Å²) in [6.45, 7) is 11.6. The van der Waals surface area contributed by atoms with Crippen LogP contribution in [0.25, 0.3) is 0 Å². The smallest absolute Gasteiger partial charge is 0.0466 e.